The molecule has 12 heteroatoms. The van der Waals surface area contributed by atoms with E-state index < -0.39 is 23.6 Å². The smallest absolute Gasteiger partial charge is 0.415 e. The minimum absolute atomic E-state index is 0.0135. The molecule has 0 amide bonds. The van der Waals surface area contributed by atoms with Crippen molar-refractivity contribution >= 4 is 5.65 Å². The van der Waals surface area contributed by atoms with Crippen molar-refractivity contribution in [3.8, 4) is 23.0 Å². The SMILES string of the molecule is FC(F)(F)c1cccc(-c2nnc(-c3cc4nc(C5CC5)cc(C(F)(F)F)n4n3)o2)c1. The van der Waals surface area contributed by atoms with E-state index in [9.17, 15) is 26.3 Å². The molecule has 160 valence electrons. The van der Waals surface area contributed by atoms with Gasteiger partial charge in [-0.05, 0) is 37.1 Å². The van der Waals surface area contributed by atoms with Gasteiger partial charge in [-0.2, -0.15) is 31.4 Å². The fourth-order valence-corrected chi connectivity index (χ4v) is 3.16. The maximum absolute atomic E-state index is 13.5. The van der Waals surface area contributed by atoms with Gasteiger partial charge in [-0.15, -0.1) is 10.2 Å². The Balaban J connectivity index is 1.56. The maximum atomic E-state index is 13.5. The lowest BCUT2D eigenvalue weighted by Gasteiger charge is -2.10. The van der Waals surface area contributed by atoms with Crippen LogP contribution >= 0.6 is 0 Å². The molecule has 3 aromatic heterocycles. The van der Waals surface area contributed by atoms with Crippen molar-refractivity contribution in [1.29, 1.82) is 0 Å². The predicted octanol–water partition coefficient (Wildman–Crippen LogP) is 5.36. The number of aromatic nitrogens is 5. The van der Waals surface area contributed by atoms with Crippen molar-refractivity contribution in [1.82, 2.24) is 24.8 Å². The summed E-state index contributed by atoms with van der Waals surface area (Å²) in [5, 5.41) is 11.3. The van der Waals surface area contributed by atoms with E-state index in [-0.39, 0.29) is 34.6 Å². The molecule has 31 heavy (non-hydrogen) atoms. The first-order valence-corrected chi connectivity index (χ1v) is 9.09. The van der Waals surface area contributed by atoms with Crippen molar-refractivity contribution in [2.24, 2.45) is 0 Å². The van der Waals surface area contributed by atoms with Crippen LogP contribution in [-0.2, 0) is 12.4 Å². The zero-order valence-corrected chi connectivity index (χ0v) is 15.4. The highest BCUT2D eigenvalue weighted by Crippen LogP contribution is 2.41. The Morgan fingerprint density at radius 3 is 2.32 bits per heavy atom. The number of halogens is 6. The fraction of sp³-hybridized carbons (Fsp3) is 0.263. The third-order valence-electron chi connectivity index (χ3n) is 4.81. The fourth-order valence-electron chi connectivity index (χ4n) is 3.16. The predicted molar refractivity (Wildman–Crippen MR) is 93.7 cm³/mol. The second-order valence-corrected chi connectivity index (χ2v) is 7.13. The average molecular weight is 439 g/mol. The third-order valence-corrected chi connectivity index (χ3v) is 4.81. The van der Waals surface area contributed by atoms with Crippen LogP contribution in [0.25, 0.3) is 28.7 Å². The average Bonchev–Trinajstić information content (AvgIpc) is 3.27. The van der Waals surface area contributed by atoms with Crippen LogP contribution in [0.5, 0.6) is 0 Å². The summed E-state index contributed by atoms with van der Waals surface area (Å²) in [4.78, 5) is 4.25. The van der Waals surface area contributed by atoms with Crippen LogP contribution in [0.15, 0.2) is 40.8 Å². The van der Waals surface area contributed by atoms with Crippen LogP contribution in [-0.4, -0.2) is 24.8 Å². The number of alkyl halides is 6. The lowest BCUT2D eigenvalue weighted by molar-refractivity contribution is -0.142. The van der Waals surface area contributed by atoms with E-state index in [1.807, 2.05) is 0 Å². The Hall–Kier alpha value is -3.44. The third kappa shape index (κ3) is 3.62. The van der Waals surface area contributed by atoms with Crippen LogP contribution in [0.3, 0.4) is 0 Å². The van der Waals surface area contributed by atoms with E-state index >= 15 is 0 Å². The number of hydrogen-bond acceptors (Lipinski definition) is 5. The summed E-state index contributed by atoms with van der Waals surface area (Å²) in [6, 6.07) is 6.51. The van der Waals surface area contributed by atoms with Crippen LogP contribution < -0.4 is 0 Å². The first-order valence-electron chi connectivity index (χ1n) is 9.09. The molecule has 0 N–H and O–H groups in total. The van der Waals surface area contributed by atoms with E-state index in [0.29, 0.717) is 10.2 Å². The number of hydrogen-bond donors (Lipinski definition) is 0. The second-order valence-electron chi connectivity index (χ2n) is 7.13. The summed E-state index contributed by atoms with van der Waals surface area (Å²) >= 11 is 0. The molecule has 0 bridgehead atoms. The minimum atomic E-state index is -4.66. The van der Waals surface area contributed by atoms with Gasteiger partial charge in [-0.3, -0.25) is 0 Å². The summed E-state index contributed by atoms with van der Waals surface area (Å²) in [6.45, 7) is 0. The molecule has 1 saturated carbocycles. The van der Waals surface area contributed by atoms with Gasteiger partial charge in [-0.25, -0.2) is 9.50 Å². The number of nitrogens with zero attached hydrogens (tertiary/aromatic N) is 5. The van der Waals surface area contributed by atoms with Gasteiger partial charge in [0.05, 0.1) is 5.56 Å². The maximum Gasteiger partial charge on any atom is 0.433 e. The van der Waals surface area contributed by atoms with E-state index in [1.54, 1.807) is 0 Å². The highest BCUT2D eigenvalue weighted by Gasteiger charge is 2.37. The molecular formula is C19H11F6N5O. The van der Waals surface area contributed by atoms with Gasteiger partial charge in [0.1, 0.15) is 5.69 Å². The summed E-state index contributed by atoms with van der Waals surface area (Å²) in [5.41, 5.74) is -1.64. The zero-order valence-electron chi connectivity index (χ0n) is 15.4. The molecule has 3 heterocycles. The number of fused-ring (bicyclic) bond motifs is 1. The Bertz CT molecular complexity index is 1290. The van der Waals surface area contributed by atoms with Gasteiger partial charge in [0.15, 0.2) is 11.3 Å². The lowest BCUT2D eigenvalue weighted by Crippen LogP contribution is -2.14. The van der Waals surface area contributed by atoms with Crippen LogP contribution in [0.2, 0.25) is 0 Å². The first kappa shape index (κ1) is 19.5. The van der Waals surface area contributed by atoms with E-state index in [2.05, 4.69) is 20.3 Å². The van der Waals surface area contributed by atoms with Crippen LogP contribution in [0, 0.1) is 0 Å². The molecule has 5 rings (SSSR count). The van der Waals surface area contributed by atoms with Crippen molar-refractivity contribution < 1.29 is 30.8 Å². The molecular weight excluding hydrogens is 428 g/mol. The van der Waals surface area contributed by atoms with Crippen molar-refractivity contribution in [3.05, 3.63) is 53.3 Å². The van der Waals surface area contributed by atoms with Crippen LogP contribution in [0.1, 0.15) is 35.7 Å². The molecule has 0 radical (unpaired) electrons. The highest BCUT2D eigenvalue weighted by molar-refractivity contribution is 5.60. The summed E-state index contributed by atoms with van der Waals surface area (Å²) < 4.78 is 85.4. The van der Waals surface area contributed by atoms with Crippen molar-refractivity contribution in [2.75, 3.05) is 0 Å². The first-order chi connectivity index (χ1) is 14.6. The van der Waals surface area contributed by atoms with Crippen LogP contribution in [0.4, 0.5) is 26.3 Å². The molecule has 0 aliphatic heterocycles. The summed E-state index contributed by atoms with van der Waals surface area (Å²) in [7, 11) is 0. The minimum Gasteiger partial charge on any atom is -0.415 e. The largest absolute Gasteiger partial charge is 0.433 e. The molecule has 1 aromatic carbocycles. The normalized spacial score (nSPS) is 15.0. The molecule has 6 nitrogen and oxygen atoms in total. The molecule has 1 aliphatic rings. The highest BCUT2D eigenvalue weighted by atomic mass is 19.4. The zero-order chi connectivity index (χ0) is 22.0. The van der Waals surface area contributed by atoms with Crippen molar-refractivity contribution in [3.63, 3.8) is 0 Å². The topological polar surface area (TPSA) is 69.1 Å². The molecule has 0 atom stereocenters. The molecule has 0 saturated heterocycles. The van der Waals surface area contributed by atoms with E-state index in [0.717, 1.165) is 31.0 Å². The van der Waals surface area contributed by atoms with Gasteiger partial charge >= 0.3 is 12.4 Å². The van der Waals surface area contributed by atoms with Gasteiger partial charge in [0, 0.05) is 23.2 Å². The standard InChI is InChI=1S/C19H11F6N5O/c20-18(21,22)11-3-1-2-10(6-11)16-27-28-17(31-16)13-8-15-26-12(9-4-5-9)7-14(19(23,24)25)30(15)29-13/h1-3,6-9H,4-5H2. The Morgan fingerprint density at radius 1 is 0.903 bits per heavy atom. The van der Waals surface area contributed by atoms with Gasteiger partial charge in [0.2, 0.25) is 5.89 Å². The van der Waals surface area contributed by atoms with E-state index in [1.165, 1.54) is 18.2 Å². The summed E-state index contributed by atoms with van der Waals surface area (Å²) in [5.74, 6) is -0.472. The van der Waals surface area contributed by atoms with Gasteiger partial charge in [0.25, 0.3) is 5.89 Å². The lowest BCUT2D eigenvalue weighted by atomic mass is 10.1. The van der Waals surface area contributed by atoms with E-state index in [4.69, 9.17) is 4.42 Å². The Labute approximate surface area is 169 Å². The van der Waals surface area contributed by atoms with Crippen molar-refractivity contribution in [2.45, 2.75) is 31.1 Å². The molecule has 4 aromatic rings. The molecule has 0 unspecified atom stereocenters. The Kier molecular flexibility index (Phi) is 4.11. The number of benzene rings is 1. The monoisotopic (exact) mass is 439 g/mol. The molecule has 0 spiro atoms. The quantitative estimate of drug-likeness (QED) is 0.402. The summed E-state index contributed by atoms with van der Waals surface area (Å²) in [6.07, 6.45) is -7.68. The Morgan fingerprint density at radius 2 is 1.65 bits per heavy atom. The second kappa shape index (κ2) is 6.53. The molecule has 1 aliphatic carbocycles. The van der Waals surface area contributed by atoms with Gasteiger partial charge < -0.3 is 4.42 Å². The van der Waals surface area contributed by atoms with Gasteiger partial charge in [-0.1, -0.05) is 6.07 Å². The molecule has 1 fully saturated rings. The number of rotatable bonds is 3.